The Hall–Kier alpha value is -3.36. The fraction of sp³-hybridized carbons (Fsp3) is 0.316. The van der Waals surface area contributed by atoms with Gasteiger partial charge < -0.3 is 9.47 Å². The Labute approximate surface area is 166 Å². The number of nitrogens with zero attached hydrogens (tertiary/aromatic N) is 5. The van der Waals surface area contributed by atoms with Crippen LogP contribution < -0.4 is 9.47 Å². The Morgan fingerprint density at radius 3 is 2.64 bits per heavy atom. The van der Waals surface area contributed by atoms with Crippen molar-refractivity contribution in [3.63, 3.8) is 0 Å². The van der Waals surface area contributed by atoms with Crippen LogP contribution in [0, 0.1) is 29.6 Å². The highest BCUT2D eigenvalue weighted by Gasteiger charge is 2.28. The third kappa shape index (κ3) is 4.48. The van der Waals surface area contributed by atoms with Crippen molar-refractivity contribution in [1.29, 1.82) is 10.5 Å². The van der Waals surface area contributed by atoms with Gasteiger partial charge in [0.15, 0.2) is 10.9 Å². The average molecular weight is 398 g/mol. The minimum atomic E-state index is -0.885. The number of benzene rings is 1. The highest BCUT2D eigenvalue weighted by atomic mass is 35.5. The fourth-order valence-corrected chi connectivity index (χ4v) is 2.76. The summed E-state index contributed by atoms with van der Waals surface area (Å²) in [6, 6.07) is 10.8. The van der Waals surface area contributed by atoms with Crippen molar-refractivity contribution < 1.29 is 14.3 Å². The molecule has 0 N–H and O–H groups in total. The molecule has 1 aromatic heterocycles. The number of nitriles is 2. The van der Waals surface area contributed by atoms with Crippen LogP contribution in [0.15, 0.2) is 24.3 Å². The summed E-state index contributed by atoms with van der Waals surface area (Å²) in [7, 11) is 0. The summed E-state index contributed by atoms with van der Waals surface area (Å²) in [6.07, 6.45) is 1.29. The molecule has 0 saturated heterocycles. The lowest BCUT2D eigenvalue weighted by molar-refractivity contribution is 0.161. The van der Waals surface area contributed by atoms with Gasteiger partial charge in [0.05, 0.1) is 12.1 Å². The van der Waals surface area contributed by atoms with Gasteiger partial charge in [-0.1, -0.05) is 29.8 Å². The van der Waals surface area contributed by atoms with E-state index in [0.29, 0.717) is 11.7 Å². The Morgan fingerprint density at radius 2 is 2.00 bits per heavy atom. The van der Waals surface area contributed by atoms with Gasteiger partial charge in [-0.15, -0.1) is 10.2 Å². The third-order valence-corrected chi connectivity index (χ3v) is 4.32. The minimum Gasteiger partial charge on any atom is -0.434 e. The molecule has 0 atom stereocenters. The van der Waals surface area contributed by atoms with Crippen molar-refractivity contribution >= 4 is 17.7 Å². The molecule has 0 unspecified atom stereocenters. The second-order valence-electron chi connectivity index (χ2n) is 6.25. The number of ether oxygens (including phenoxy) is 2. The molecule has 1 saturated carbocycles. The number of hydrogen-bond acceptors (Lipinski definition) is 7. The maximum atomic E-state index is 12.3. The number of carbonyl (C=O) groups is 1. The predicted molar refractivity (Wildman–Crippen MR) is 99.1 cm³/mol. The van der Waals surface area contributed by atoms with E-state index in [1.807, 2.05) is 37.3 Å². The molecule has 1 fully saturated rings. The standard InChI is InChI=1S/C19H16ClN5O3/c1-12-3-2-4-14(13-5-6-13)17(12)28-18-15(11-16(20)23-24-18)27-19(26)25(9-7-21)10-8-22/h2-4,11,13H,5-6,9-10H2,1H3. The van der Waals surface area contributed by atoms with Gasteiger partial charge in [-0.25, -0.2) is 4.79 Å². The quantitative estimate of drug-likeness (QED) is 0.678. The molecule has 1 aliphatic rings. The molecule has 9 heteroatoms. The molecule has 8 nitrogen and oxygen atoms in total. The van der Waals surface area contributed by atoms with E-state index < -0.39 is 6.09 Å². The van der Waals surface area contributed by atoms with Gasteiger partial charge in [0.25, 0.3) is 5.88 Å². The normalized spacial score (nSPS) is 12.6. The van der Waals surface area contributed by atoms with Crippen LogP contribution in [0.1, 0.15) is 29.9 Å². The Balaban J connectivity index is 1.89. The van der Waals surface area contributed by atoms with Crippen LogP contribution in [0.3, 0.4) is 0 Å². The minimum absolute atomic E-state index is 0.00877. The Morgan fingerprint density at radius 1 is 1.29 bits per heavy atom. The molecule has 3 rings (SSSR count). The molecule has 0 spiro atoms. The highest BCUT2D eigenvalue weighted by Crippen LogP contribution is 2.46. The second-order valence-corrected chi connectivity index (χ2v) is 6.63. The van der Waals surface area contributed by atoms with E-state index >= 15 is 0 Å². The maximum absolute atomic E-state index is 12.3. The summed E-state index contributed by atoms with van der Waals surface area (Å²) in [5, 5.41) is 25.3. The van der Waals surface area contributed by atoms with E-state index in [-0.39, 0.29) is 29.9 Å². The number of halogens is 1. The number of aryl methyl sites for hydroxylation is 1. The summed E-state index contributed by atoms with van der Waals surface area (Å²) in [5.74, 6) is 1.01. The van der Waals surface area contributed by atoms with Crippen LogP contribution >= 0.6 is 11.6 Å². The van der Waals surface area contributed by atoms with Gasteiger partial charge >= 0.3 is 6.09 Å². The monoisotopic (exact) mass is 397 g/mol. The summed E-state index contributed by atoms with van der Waals surface area (Å²) in [5.41, 5.74) is 1.97. The van der Waals surface area contributed by atoms with Gasteiger partial charge in [-0.3, -0.25) is 4.90 Å². The molecular formula is C19H16ClN5O3. The van der Waals surface area contributed by atoms with Crippen molar-refractivity contribution in [1.82, 2.24) is 15.1 Å². The van der Waals surface area contributed by atoms with Gasteiger partial charge in [0.1, 0.15) is 18.8 Å². The number of para-hydroxylation sites is 1. The van der Waals surface area contributed by atoms with Crippen LogP contribution in [0.2, 0.25) is 5.15 Å². The van der Waals surface area contributed by atoms with Crippen LogP contribution in [0.5, 0.6) is 17.4 Å². The number of amides is 1. The van der Waals surface area contributed by atoms with E-state index in [9.17, 15) is 4.79 Å². The number of rotatable bonds is 6. The average Bonchev–Trinajstić information content (AvgIpc) is 3.50. The summed E-state index contributed by atoms with van der Waals surface area (Å²) in [4.78, 5) is 13.3. The van der Waals surface area contributed by atoms with Crippen LogP contribution in [-0.4, -0.2) is 34.3 Å². The van der Waals surface area contributed by atoms with Gasteiger partial charge in [0, 0.05) is 6.07 Å². The van der Waals surface area contributed by atoms with Crippen LogP contribution in [-0.2, 0) is 0 Å². The van der Waals surface area contributed by atoms with Crippen molar-refractivity contribution in [2.24, 2.45) is 0 Å². The molecule has 2 aromatic rings. The number of hydrogen-bond donors (Lipinski definition) is 0. The Kier molecular flexibility index (Phi) is 5.93. The first kappa shape index (κ1) is 19.4. The van der Waals surface area contributed by atoms with Gasteiger partial charge in [-0.2, -0.15) is 10.5 Å². The number of carbonyl (C=O) groups excluding carboxylic acids is 1. The molecule has 0 aliphatic heterocycles. The Bertz CT molecular complexity index is 963. The lowest BCUT2D eigenvalue weighted by Crippen LogP contribution is -2.34. The topological polar surface area (TPSA) is 112 Å². The molecule has 0 radical (unpaired) electrons. The van der Waals surface area contributed by atoms with Crippen molar-refractivity contribution in [3.8, 4) is 29.5 Å². The van der Waals surface area contributed by atoms with Gasteiger partial charge in [-0.05, 0) is 36.8 Å². The molecule has 1 aliphatic carbocycles. The zero-order valence-electron chi connectivity index (χ0n) is 15.1. The first-order chi connectivity index (χ1) is 13.5. The molecule has 1 heterocycles. The molecule has 0 bridgehead atoms. The zero-order chi connectivity index (χ0) is 20.1. The lowest BCUT2D eigenvalue weighted by Gasteiger charge is -2.17. The molecule has 142 valence electrons. The SMILES string of the molecule is Cc1cccc(C2CC2)c1Oc1nnc(Cl)cc1OC(=O)N(CC#N)CC#N. The van der Waals surface area contributed by atoms with E-state index in [1.54, 1.807) is 0 Å². The third-order valence-electron chi connectivity index (χ3n) is 4.13. The van der Waals surface area contributed by atoms with Crippen LogP contribution in [0.4, 0.5) is 4.79 Å². The predicted octanol–water partition coefficient (Wildman–Crippen LogP) is 3.96. The second kappa shape index (κ2) is 8.55. The molecule has 28 heavy (non-hydrogen) atoms. The fourth-order valence-electron chi connectivity index (χ4n) is 2.63. The van der Waals surface area contributed by atoms with E-state index in [2.05, 4.69) is 10.2 Å². The largest absolute Gasteiger partial charge is 0.434 e. The van der Waals surface area contributed by atoms with E-state index in [1.165, 1.54) is 6.07 Å². The lowest BCUT2D eigenvalue weighted by atomic mass is 10.1. The smallest absolute Gasteiger partial charge is 0.417 e. The summed E-state index contributed by atoms with van der Waals surface area (Å²) < 4.78 is 11.3. The molecular weight excluding hydrogens is 382 g/mol. The van der Waals surface area contributed by atoms with Crippen LogP contribution in [0.25, 0.3) is 0 Å². The van der Waals surface area contributed by atoms with Crippen molar-refractivity contribution in [2.45, 2.75) is 25.7 Å². The summed E-state index contributed by atoms with van der Waals surface area (Å²) >= 11 is 5.89. The first-order valence-corrected chi connectivity index (χ1v) is 8.92. The first-order valence-electron chi connectivity index (χ1n) is 8.54. The molecule has 1 amide bonds. The zero-order valence-corrected chi connectivity index (χ0v) is 15.8. The number of aromatic nitrogens is 2. The van der Waals surface area contributed by atoms with Gasteiger partial charge in [0.2, 0.25) is 0 Å². The van der Waals surface area contributed by atoms with Crippen molar-refractivity contribution in [2.75, 3.05) is 13.1 Å². The summed E-state index contributed by atoms with van der Waals surface area (Å²) in [6.45, 7) is 1.33. The highest BCUT2D eigenvalue weighted by molar-refractivity contribution is 6.29. The van der Waals surface area contributed by atoms with E-state index in [4.69, 9.17) is 31.6 Å². The maximum Gasteiger partial charge on any atom is 0.417 e. The van der Waals surface area contributed by atoms with E-state index in [0.717, 1.165) is 28.9 Å². The van der Waals surface area contributed by atoms with Crippen molar-refractivity contribution in [3.05, 3.63) is 40.5 Å². The molecule has 1 aromatic carbocycles.